The molecule has 65 heavy (non-hydrogen) atoms. The van der Waals surface area contributed by atoms with E-state index < -0.39 is 46.6 Å². The first kappa shape index (κ1) is 44.8. The first-order chi connectivity index (χ1) is 31.1. The molecule has 17 nitrogen and oxygen atoms in total. The minimum atomic E-state index is -4.89. The van der Waals surface area contributed by atoms with Crippen molar-refractivity contribution < 1.29 is 40.6 Å². The molecular weight excluding hydrogens is 873 g/mol. The summed E-state index contributed by atoms with van der Waals surface area (Å²) in [5, 5.41) is 12.3. The Balaban J connectivity index is 1.34. The molecule has 1 fully saturated rings. The van der Waals surface area contributed by atoms with E-state index in [1.165, 1.54) is 34.3 Å². The fraction of sp³-hybridized carbons (Fsp3) is 0.283. The zero-order chi connectivity index (χ0) is 46.1. The third-order valence-corrected chi connectivity index (χ3v) is 15.0. The molecule has 0 atom stereocenters. The number of pyridine rings is 1. The molecule has 7 aromatic rings. The number of nitrogens with zero attached hydrogens (tertiary/aromatic N) is 7. The molecule has 4 aromatic carbocycles. The van der Waals surface area contributed by atoms with Gasteiger partial charge in [0.05, 0.1) is 49.4 Å². The minimum absolute atomic E-state index is 0.0995. The second-order valence-corrected chi connectivity index (χ2v) is 20.5. The summed E-state index contributed by atoms with van der Waals surface area (Å²) in [5.74, 6) is 1.65. The predicted octanol–water partition coefficient (Wildman–Crippen LogP) is 6.74. The number of rotatable bonds is 15. The summed E-state index contributed by atoms with van der Waals surface area (Å²) < 4.78 is 85.1. The highest BCUT2D eigenvalue weighted by atomic mass is 32.2. The van der Waals surface area contributed by atoms with Gasteiger partial charge in [0.2, 0.25) is 15.8 Å². The maximum absolute atomic E-state index is 16.0. The summed E-state index contributed by atoms with van der Waals surface area (Å²) in [4.78, 5) is 22.3. The number of carbonyl (C=O) groups excluding carboxylic acids is 1. The molecule has 1 saturated heterocycles. The number of amides is 1. The molecule has 0 saturated carbocycles. The Hall–Kier alpha value is -6.83. The van der Waals surface area contributed by atoms with Gasteiger partial charge in [0.1, 0.15) is 33.0 Å². The van der Waals surface area contributed by atoms with E-state index in [0.717, 1.165) is 5.56 Å². The quantitative estimate of drug-likeness (QED) is 0.113. The lowest BCUT2D eigenvalue weighted by atomic mass is 10.00. The predicted molar refractivity (Wildman–Crippen MR) is 242 cm³/mol. The van der Waals surface area contributed by atoms with Gasteiger partial charge in [-0.2, -0.15) is 9.10 Å². The van der Waals surface area contributed by atoms with Crippen LogP contribution in [0.15, 0.2) is 119 Å². The number of hydrogen-bond donors (Lipinski definition) is 1. The first-order valence-electron chi connectivity index (χ1n) is 20.6. The number of likely N-dealkylation sites (tertiary alicyclic amines) is 1. The van der Waals surface area contributed by atoms with Crippen molar-refractivity contribution in [3.63, 3.8) is 0 Å². The number of sulfonamides is 1. The van der Waals surface area contributed by atoms with Gasteiger partial charge in [-0.3, -0.25) is 4.98 Å². The number of sulfone groups is 1. The Labute approximate surface area is 376 Å². The summed E-state index contributed by atoms with van der Waals surface area (Å²) in [7, 11) is -4.78. The van der Waals surface area contributed by atoms with Crippen LogP contribution in [-0.2, 0) is 44.2 Å². The van der Waals surface area contributed by atoms with Crippen LogP contribution < -0.4 is 14.2 Å². The van der Waals surface area contributed by atoms with Gasteiger partial charge in [0.25, 0.3) is 0 Å². The molecule has 1 aliphatic rings. The lowest BCUT2D eigenvalue weighted by Gasteiger charge is -2.39. The highest BCUT2D eigenvalue weighted by Crippen LogP contribution is 2.43. The largest absolute Gasteiger partial charge is 0.497 e. The SMILES string of the molecule is COc1ccc(CN(Cc2ccc(OC)cc2)S(=O)(=O)c2c(S(=O)(=O)C3CN(C(=O)OC(C)(C)C)C3)ccc(-c3cnc4cc[nH]c4c3)c2-c2nnn(Cc3ccc(OC)cc3)n2)cc1. The summed E-state index contributed by atoms with van der Waals surface area (Å²) in [5.41, 5.74) is 3.14. The number of tetrazole rings is 1. The van der Waals surface area contributed by atoms with Crippen LogP contribution in [0.1, 0.15) is 37.5 Å². The maximum Gasteiger partial charge on any atom is 0.410 e. The number of nitrogens with one attached hydrogen (secondary N) is 1. The molecule has 0 aliphatic carbocycles. The number of aromatic amines is 1. The molecule has 0 unspecified atom stereocenters. The van der Waals surface area contributed by atoms with Crippen molar-refractivity contribution in [1.29, 1.82) is 0 Å². The van der Waals surface area contributed by atoms with Crippen LogP contribution >= 0.6 is 0 Å². The van der Waals surface area contributed by atoms with E-state index in [-0.39, 0.29) is 49.7 Å². The Morgan fingerprint density at radius 3 is 1.91 bits per heavy atom. The van der Waals surface area contributed by atoms with E-state index in [1.807, 2.05) is 12.1 Å². The number of benzene rings is 4. The number of ether oxygens (including phenoxy) is 4. The molecule has 4 heterocycles. The number of hydrogen-bond acceptors (Lipinski definition) is 13. The first-order valence-corrected chi connectivity index (χ1v) is 23.5. The van der Waals surface area contributed by atoms with E-state index in [2.05, 4.69) is 20.3 Å². The maximum atomic E-state index is 16.0. The van der Waals surface area contributed by atoms with E-state index >= 15 is 16.8 Å². The van der Waals surface area contributed by atoms with Crippen LogP contribution in [0.4, 0.5) is 4.79 Å². The molecule has 8 rings (SSSR count). The van der Waals surface area contributed by atoms with Gasteiger partial charge in [-0.1, -0.05) is 42.5 Å². The van der Waals surface area contributed by atoms with Crippen molar-refractivity contribution in [2.24, 2.45) is 0 Å². The number of methoxy groups -OCH3 is 3. The Kier molecular flexibility index (Phi) is 12.4. The summed E-state index contributed by atoms with van der Waals surface area (Å²) in [6, 6.07) is 27.5. The lowest BCUT2D eigenvalue weighted by molar-refractivity contribution is 0.0139. The molecule has 0 spiro atoms. The Morgan fingerprint density at radius 1 is 0.785 bits per heavy atom. The minimum Gasteiger partial charge on any atom is -0.497 e. The number of carbonyl (C=O) groups is 1. The fourth-order valence-corrected chi connectivity index (χ4v) is 11.5. The molecule has 1 N–H and O–H groups in total. The number of H-pyrrole nitrogens is 1. The lowest BCUT2D eigenvalue weighted by Crippen LogP contribution is -2.57. The van der Waals surface area contributed by atoms with Gasteiger partial charge in [-0.25, -0.2) is 21.6 Å². The van der Waals surface area contributed by atoms with Crippen LogP contribution in [0, 0.1) is 0 Å². The molecule has 1 aliphatic heterocycles. The van der Waals surface area contributed by atoms with Crippen molar-refractivity contribution in [3.05, 3.63) is 126 Å². The normalized spacial score (nSPS) is 13.5. The van der Waals surface area contributed by atoms with Crippen molar-refractivity contribution in [3.8, 4) is 39.8 Å². The fourth-order valence-electron chi connectivity index (χ4n) is 7.41. The van der Waals surface area contributed by atoms with Crippen molar-refractivity contribution in [2.45, 2.75) is 61.0 Å². The summed E-state index contributed by atoms with van der Waals surface area (Å²) in [6.07, 6.45) is 2.64. The van der Waals surface area contributed by atoms with Crippen molar-refractivity contribution in [2.75, 3.05) is 34.4 Å². The van der Waals surface area contributed by atoms with Crippen LogP contribution in [-0.4, -0.2) is 108 Å². The molecule has 338 valence electrons. The highest BCUT2D eigenvalue weighted by Gasteiger charge is 2.46. The van der Waals surface area contributed by atoms with Gasteiger partial charge in [0.15, 0.2) is 9.84 Å². The van der Waals surface area contributed by atoms with E-state index in [0.29, 0.717) is 45.0 Å². The van der Waals surface area contributed by atoms with Crippen LogP contribution in [0.3, 0.4) is 0 Å². The molecular formula is C46H48N8O9S2. The van der Waals surface area contributed by atoms with E-state index in [1.54, 1.807) is 119 Å². The molecule has 1 amide bonds. The smallest absolute Gasteiger partial charge is 0.410 e. The molecule has 3 aromatic heterocycles. The van der Waals surface area contributed by atoms with Crippen LogP contribution in [0.25, 0.3) is 33.5 Å². The van der Waals surface area contributed by atoms with Crippen LogP contribution in [0.5, 0.6) is 17.2 Å². The van der Waals surface area contributed by atoms with Crippen molar-refractivity contribution >= 4 is 37.0 Å². The van der Waals surface area contributed by atoms with Gasteiger partial charge in [-0.05, 0) is 103 Å². The molecule has 0 radical (unpaired) electrons. The highest BCUT2D eigenvalue weighted by molar-refractivity contribution is 7.94. The van der Waals surface area contributed by atoms with Gasteiger partial charge in [0, 0.05) is 44.1 Å². The van der Waals surface area contributed by atoms with Gasteiger partial charge in [-0.15, -0.1) is 10.2 Å². The standard InChI is InChI=1S/C46H48N8O9S2/c1-46(2,3)63-45(55)52-28-37(29-52)64(56,57)41-20-19-38(33-23-40-39(48-24-33)21-22-47-40)42(44-49-51-54(50-44)27-32-11-17-36(62-6)18-12-32)43(41)65(58,59)53(25-30-7-13-34(60-4)14-8-30)26-31-9-15-35(61-5)16-10-31/h7-24,37,47H,25-29H2,1-6H3. The summed E-state index contributed by atoms with van der Waals surface area (Å²) in [6.45, 7) is 4.49. The van der Waals surface area contributed by atoms with E-state index in [9.17, 15) is 4.79 Å². The third-order valence-electron chi connectivity index (χ3n) is 10.9. The average molecular weight is 921 g/mol. The monoisotopic (exact) mass is 920 g/mol. The average Bonchev–Trinajstić information content (AvgIpc) is 3.95. The van der Waals surface area contributed by atoms with Crippen LogP contribution in [0.2, 0.25) is 0 Å². The zero-order valence-electron chi connectivity index (χ0n) is 36.6. The Morgan fingerprint density at radius 2 is 1.35 bits per heavy atom. The second-order valence-electron chi connectivity index (χ2n) is 16.5. The van der Waals surface area contributed by atoms with Gasteiger partial charge >= 0.3 is 6.09 Å². The number of fused-ring (bicyclic) bond motifs is 1. The number of aromatic nitrogens is 6. The zero-order valence-corrected chi connectivity index (χ0v) is 38.3. The van der Waals surface area contributed by atoms with Crippen molar-refractivity contribution in [1.82, 2.24) is 39.4 Å². The summed E-state index contributed by atoms with van der Waals surface area (Å²) >= 11 is 0. The topological polar surface area (TPSA) is 201 Å². The van der Waals surface area contributed by atoms with E-state index in [4.69, 9.17) is 24.0 Å². The third kappa shape index (κ3) is 9.52. The second kappa shape index (κ2) is 18.0. The molecule has 19 heteroatoms. The van der Waals surface area contributed by atoms with Gasteiger partial charge < -0.3 is 28.8 Å². The Bertz CT molecular complexity index is 3000. The molecule has 0 bridgehead atoms.